The Bertz CT molecular complexity index is 352. The van der Waals surface area contributed by atoms with E-state index in [0.717, 1.165) is 5.56 Å². The number of amides is 1. The number of aromatic hydroxyl groups is 1. The molecule has 0 fully saturated rings. The second-order valence-corrected chi connectivity index (χ2v) is 4.85. The Morgan fingerprint density at radius 3 is 2.80 bits per heavy atom. The second kappa shape index (κ2) is 5.16. The zero-order valence-electron chi connectivity index (χ0n) is 8.77. The van der Waals surface area contributed by atoms with Gasteiger partial charge in [0.05, 0.1) is 4.83 Å². The van der Waals surface area contributed by atoms with Gasteiger partial charge in [-0.15, -0.1) is 0 Å². The summed E-state index contributed by atoms with van der Waals surface area (Å²) in [5.41, 5.74) is 0.916. The molecule has 1 aromatic rings. The molecule has 0 aliphatic carbocycles. The molecular weight excluding hydrogens is 258 g/mol. The van der Waals surface area contributed by atoms with Crippen LogP contribution in [0, 0.1) is 0 Å². The number of hydrogen-bond donors (Lipinski definition) is 1. The van der Waals surface area contributed by atoms with Crippen LogP contribution in [0.3, 0.4) is 0 Å². The lowest BCUT2D eigenvalue weighted by Gasteiger charge is -2.18. The van der Waals surface area contributed by atoms with E-state index in [9.17, 15) is 9.90 Å². The van der Waals surface area contributed by atoms with Crippen LogP contribution in [0.1, 0.15) is 12.5 Å². The lowest BCUT2D eigenvalue weighted by atomic mass is 10.2. The number of rotatable bonds is 3. The highest BCUT2D eigenvalue weighted by Crippen LogP contribution is 2.13. The van der Waals surface area contributed by atoms with Gasteiger partial charge in [-0.1, -0.05) is 28.1 Å². The minimum absolute atomic E-state index is 0.0262. The van der Waals surface area contributed by atoms with Crippen molar-refractivity contribution >= 4 is 21.8 Å². The van der Waals surface area contributed by atoms with Gasteiger partial charge in [0, 0.05) is 13.6 Å². The predicted octanol–water partition coefficient (Wildman–Crippen LogP) is 2.13. The molecule has 0 bridgehead atoms. The monoisotopic (exact) mass is 271 g/mol. The SMILES string of the molecule is CC(Br)C(=O)N(C)Cc1cccc(O)c1. The van der Waals surface area contributed by atoms with E-state index in [4.69, 9.17) is 0 Å². The standard InChI is InChI=1S/C11H14BrNO2/c1-8(12)11(15)13(2)7-9-4-3-5-10(14)6-9/h3-6,8,14H,7H2,1-2H3. The molecule has 1 amide bonds. The zero-order valence-corrected chi connectivity index (χ0v) is 10.4. The summed E-state index contributed by atoms with van der Waals surface area (Å²) in [5.74, 6) is 0.249. The molecule has 0 saturated carbocycles. The molecule has 0 aliphatic rings. The quantitative estimate of drug-likeness (QED) is 0.856. The van der Waals surface area contributed by atoms with E-state index < -0.39 is 0 Å². The van der Waals surface area contributed by atoms with Gasteiger partial charge in [-0.25, -0.2) is 0 Å². The van der Waals surface area contributed by atoms with E-state index in [1.165, 1.54) is 0 Å². The number of alkyl halides is 1. The summed E-state index contributed by atoms with van der Waals surface area (Å²) in [7, 11) is 1.74. The smallest absolute Gasteiger partial charge is 0.236 e. The first-order chi connectivity index (χ1) is 7.00. The molecule has 0 radical (unpaired) electrons. The molecule has 0 aliphatic heterocycles. The van der Waals surface area contributed by atoms with Gasteiger partial charge in [0.25, 0.3) is 0 Å². The third-order valence-corrected chi connectivity index (χ3v) is 2.44. The molecular formula is C11H14BrNO2. The van der Waals surface area contributed by atoms with Gasteiger partial charge in [0.1, 0.15) is 5.75 Å². The topological polar surface area (TPSA) is 40.5 Å². The molecule has 4 heteroatoms. The van der Waals surface area contributed by atoms with E-state index in [1.807, 2.05) is 6.07 Å². The summed E-state index contributed by atoms with van der Waals surface area (Å²) >= 11 is 3.23. The number of carbonyl (C=O) groups excluding carboxylic acids is 1. The Labute approximate surface area is 97.8 Å². The van der Waals surface area contributed by atoms with Crippen molar-refractivity contribution < 1.29 is 9.90 Å². The van der Waals surface area contributed by atoms with Crippen LogP contribution >= 0.6 is 15.9 Å². The molecule has 1 aromatic carbocycles. The second-order valence-electron chi connectivity index (χ2n) is 3.48. The number of carbonyl (C=O) groups is 1. The van der Waals surface area contributed by atoms with Gasteiger partial charge >= 0.3 is 0 Å². The zero-order chi connectivity index (χ0) is 11.4. The van der Waals surface area contributed by atoms with Crippen molar-refractivity contribution in [3.05, 3.63) is 29.8 Å². The van der Waals surface area contributed by atoms with Crippen molar-refractivity contribution in [2.24, 2.45) is 0 Å². The third kappa shape index (κ3) is 3.55. The number of phenols is 1. The van der Waals surface area contributed by atoms with Crippen molar-refractivity contribution in [2.45, 2.75) is 18.3 Å². The third-order valence-electron chi connectivity index (χ3n) is 2.05. The van der Waals surface area contributed by atoms with Gasteiger partial charge < -0.3 is 10.0 Å². The van der Waals surface area contributed by atoms with E-state index in [1.54, 1.807) is 37.1 Å². The average molecular weight is 272 g/mol. The predicted molar refractivity (Wildman–Crippen MR) is 63.0 cm³/mol. The maximum Gasteiger partial charge on any atom is 0.236 e. The van der Waals surface area contributed by atoms with Crippen LogP contribution in [0.15, 0.2) is 24.3 Å². The van der Waals surface area contributed by atoms with E-state index in [2.05, 4.69) is 15.9 Å². The fraction of sp³-hybridized carbons (Fsp3) is 0.364. The Balaban J connectivity index is 2.66. The van der Waals surface area contributed by atoms with Gasteiger partial charge in [-0.3, -0.25) is 4.79 Å². The van der Waals surface area contributed by atoms with Crippen LogP contribution in [0.5, 0.6) is 5.75 Å². The van der Waals surface area contributed by atoms with Gasteiger partial charge in [0.15, 0.2) is 0 Å². The number of benzene rings is 1. The minimum atomic E-state index is -0.181. The minimum Gasteiger partial charge on any atom is -0.508 e. The van der Waals surface area contributed by atoms with E-state index in [-0.39, 0.29) is 16.5 Å². The van der Waals surface area contributed by atoms with E-state index >= 15 is 0 Å². The maximum absolute atomic E-state index is 11.5. The molecule has 0 saturated heterocycles. The van der Waals surface area contributed by atoms with Crippen molar-refractivity contribution in [1.29, 1.82) is 0 Å². The van der Waals surface area contributed by atoms with Crippen LogP contribution in [-0.2, 0) is 11.3 Å². The summed E-state index contributed by atoms with van der Waals surface area (Å²) in [4.78, 5) is 13.0. The molecule has 1 unspecified atom stereocenters. The summed E-state index contributed by atoms with van der Waals surface area (Å²) < 4.78 is 0. The van der Waals surface area contributed by atoms with Gasteiger partial charge in [0.2, 0.25) is 5.91 Å². The van der Waals surface area contributed by atoms with Crippen molar-refractivity contribution in [3.63, 3.8) is 0 Å². The number of halogens is 1. The summed E-state index contributed by atoms with van der Waals surface area (Å²) in [6, 6.07) is 6.91. The summed E-state index contributed by atoms with van der Waals surface area (Å²) in [5, 5.41) is 9.26. The van der Waals surface area contributed by atoms with Gasteiger partial charge in [-0.2, -0.15) is 0 Å². The Morgan fingerprint density at radius 1 is 1.60 bits per heavy atom. The van der Waals surface area contributed by atoms with Crippen molar-refractivity contribution in [1.82, 2.24) is 4.90 Å². The molecule has 1 rings (SSSR count). The highest BCUT2D eigenvalue weighted by molar-refractivity contribution is 9.10. The highest BCUT2D eigenvalue weighted by atomic mass is 79.9. The number of nitrogens with zero attached hydrogens (tertiary/aromatic N) is 1. The Kier molecular flexibility index (Phi) is 4.15. The largest absolute Gasteiger partial charge is 0.508 e. The number of hydrogen-bond acceptors (Lipinski definition) is 2. The van der Waals surface area contributed by atoms with Crippen LogP contribution in [0.4, 0.5) is 0 Å². The average Bonchev–Trinajstić information content (AvgIpc) is 2.16. The van der Waals surface area contributed by atoms with Crippen molar-refractivity contribution in [3.8, 4) is 5.75 Å². The lowest BCUT2D eigenvalue weighted by molar-refractivity contribution is -0.129. The summed E-state index contributed by atoms with van der Waals surface area (Å²) in [6.45, 7) is 2.30. The Morgan fingerprint density at radius 2 is 2.27 bits per heavy atom. The van der Waals surface area contributed by atoms with E-state index in [0.29, 0.717) is 6.54 Å². The molecule has 15 heavy (non-hydrogen) atoms. The fourth-order valence-corrected chi connectivity index (χ4v) is 1.66. The van der Waals surface area contributed by atoms with Crippen LogP contribution < -0.4 is 0 Å². The molecule has 0 spiro atoms. The first-order valence-corrected chi connectivity index (χ1v) is 5.59. The van der Waals surface area contributed by atoms with Crippen LogP contribution in [-0.4, -0.2) is 27.8 Å². The molecule has 82 valence electrons. The molecule has 0 aromatic heterocycles. The number of phenolic OH excluding ortho intramolecular Hbond substituents is 1. The lowest BCUT2D eigenvalue weighted by Crippen LogP contribution is -2.31. The van der Waals surface area contributed by atoms with Gasteiger partial charge in [-0.05, 0) is 24.6 Å². The summed E-state index contributed by atoms with van der Waals surface area (Å²) in [6.07, 6.45) is 0. The molecule has 1 atom stereocenters. The highest BCUT2D eigenvalue weighted by Gasteiger charge is 2.14. The molecule has 3 nitrogen and oxygen atoms in total. The first-order valence-electron chi connectivity index (χ1n) is 4.67. The molecule has 1 N–H and O–H groups in total. The Hall–Kier alpha value is -1.03. The van der Waals surface area contributed by atoms with Crippen molar-refractivity contribution in [2.75, 3.05) is 7.05 Å². The first kappa shape index (κ1) is 12.0. The molecule has 0 heterocycles. The fourth-order valence-electron chi connectivity index (χ4n) is 1.31. The van der Waals surface area contributed by atoms with Crippen LogP contribution in [0.2, 0.25) is 0 Å². The maximum atomic E-state index is 11.5. The van der Waals surface area contributed by atoms with Crippen LogP contribution in [0.25, 0.3) is 0 Å². The normalized spacial score (nSPS) is 12.2.